The van der Waals surface area contributed by atoms with Crippen molar-refractivity contribution < 1.29 is 4.79 Å². The molecule has 5 N–H and O–H groups in total. The van der Waals surface area contributed by atoms with Crippen LogP contribution in [0.1, 0.15) is 54.2 Å². The summed E-state index contributed by atoms with van der Waals surface area (Å²) in [5, 5.41) is 3.47. The van der Waals surface area contributed by atoms with Gasteiger partial charge in [-0.25, -0.2) is 4.98 Å². The van der Waals surface area contributed by atoms with Crippen LogP contribution in [0.4, 0.5) is 5.82 Å². The summed E-state index contributed by atoms with van der Waals surface area (Å²) in [6, 6.07) is 1.88. The van der Waals surface area contributed by atoms with Crippen molar-refractivity contribution in [1.29, 1.82) is 0 Å². The van der Waals surface area contributed by atoms with Gasteiger partial charge in [-0.15, -0.1) is 0 Å². The SMILES string of the molecule is Cc1cc(C)c(C(N)=O)c(NC2(CN)CCCC(C)C2)n1. The van der Waals surface area contributed by atoms with Crippen LogP contribution < -0.4 is 16.8 Å². The first kappa shape index (κ1) is 15.8. The summed E-state index contributed by atoms with van der Waals surface area (Å²) in [6.07, 6.45) is 4.37. The lowest BCUT2D eigenvalue weighted by Crippen LogP contribution is -2.49. The maximum absolute atomic E-state index is 11.8. The van der Waals surface area contributed by atoms with Crippen LogP contribution in [0.15, 0.2) is 6.07 Å². The fourth-order valence-corrected chi connectivity index (χ4v) is 3.50. The second-order valence-corrected chi connectivity index (χ2v) is 6.48. The van der Waals surface area contributed by atoms with Crippen LogP contribution in [0.5, 0.6) is 0 Å². The maximum Gasteiger partial charge on any atom is 0.252 e. The fourth-order valence-electron chi connectivity index (χ4n) is 3.50. The Hall–Kier alpha value is -1.62. The fraction of sp³-hybridized carbons (Fsp3) is 0.625. The molecule has 5 nitrogen and oxygen atoms in total. The minimum atomic E-state index is -0.446. The minimum Gasteiger partial charge on any atom is -0.365 e. The summed E-state index contributed by atoms with van der Waals surface area (Å²) < 4.78 is 0. The topological polar surface area (TPSA) is 94.0 Å². The highest BCUT2D eigenvalue weighted by Crippen LogP contribution is 2.35. The predicted octanol–water partition coefficient (Wildman–Crippen LogP) is 2.12. The molecule has 2 atom stereocenters. The van der Waals surface area contributed by atoms with Crippen molar-refractivity contribution in [3.05, 3.63) is 22.9 Å². The molecule has 1 amide bonds. The monoisotopic (exact) mass is 290 g/mol. The van der Waals surface area contributed by atoms with Crippen LogP contribution in [-0.4, -0.2) is 23.0 Å². The molecule has 0 aliphatic heterocycles. The molecule has 1 aliphatic rings. The number of aromatic nitrogens is 1. The maximum atomic E-state index is 11.8. The lowest BCUT2D eigenvalue weighted by atomic mass is 9.76. The Balaban J connectivity index is 2.39. The molecule has 0 saturated heterocycles. The molecule has 21 heavy (non-hydrogen) atoms. The summed E-state index contributed by atoms with van der Waals surface area (Å²) in [5.41, 5.74) is 13.6. The molecule has 2 rings (SSSR count). The zero-order valence-corrected chi connectivity index (χ0v) is 13.2. The van der Waals surface area contributed by atoms with Crippen molar-refractivity contribution in [2.75, 3.05) is 11.9 Å². The summed E-state index contributed by atoms with van der Waals surface area (Å²) >= 11 is 0. The number of nitrogens with one attached hydrogen (secondary N) is 1. The number of hydrogen-bond donors (Lipinski definition) is 3. The van der Waals surface area contributed by atoms with Crippen molar-refractivity contribution in [2.45, 2.75) is 52.0 Å². The Bertz CT molecular complexity index is 543. The van der Waals surface area contributed by atoms with Gasteiger partial charge in [0, 0.05) is 12.2 Å². The van der Waals surface area contributed by atoms with Crippen molar-refractivity contribution in [3.63, 3.8) is 0 Å². The van der Waals surface area contributed by atoms with Gasteiger partial charge in [-0.2, -0.15) is 0 Å². The van der Waals surface area contributed by atoms with E-state index in [9.17, 15) is 4.79 Å². The molecular formula is C16H26N4O. The zero-order valence-electron chi connectivity index (χ0n) is 13.2. The highest BCUT2D eigenvalue weighted by Gasteiger charge is 2.35. The molecule has 1 saturated carbocycles. The van der Waals surface area contributed by atoms with E-state index >= 15 is 0 Å². The van der Waals surface area contributed by atoms with E-state index in [1.165, 1.54) is 6.42 Å². The van der Waals surface area contributed by atoms with E-state index in [-0.39, 0.29) is 5.54 Å². The van der Waals surface area contributed by atoms with Gasteiger partial charge in [-0.05, 0) is 44.2 Å². The smallest absolute Gasteiger partial charge is 0.252 e. The van der Waals surface area contributed by atoms with E-state index in [1.807, 2.05) is 19.9 Å². The molecule has 1 aromatic heterocycles. The molecule has 0 radical (unpaired) electrons. The number of nitrogens with two attached hydrogens (primary N) is 2. The van der Waals surface area contributed by atoms with Crippen molar-refractivity contribution in [2.24, 2.45) is 17.4 Å². The Morgan fingerprint density at radius 1 is 1.52 bits per heavy atom. The average molecular weight is 290 g/mol. The van der Waals surface area contributed by atoms with Gasteiger partial charge in [0.15, 0.2) is 0 Å². The lowest BCUT2D eigenvalue weighted by Gasteiger charge is -2.40. The van der Waals surface area contributed by atoms with Crippen molar-refractivity contribution in [3.8, 4) is 0 Å². The summed E-state index contributed by atoms with van der Waals surface area (Å²) in [7, 11) is 0. The summed E-state index contributed by atoms with van der Waals surface area (Å²) in [6.45, 7) is 6.58. The Morgan fingerprint density at radius 3 is 2.81 bits per heavy atom. The number of anilines is 1. The molecule has 0 aromatic carbocycles. The van der Waals surface area contributed by atoms with Crippen LogP contribution in [0.25, 0.3) is 0 Å². The summed E-state index contributed by atoms with van der Waals surface area (Å²) in [5.74, 6) is 0.760. The van der Waals surface area contributed by atoms with Crippen LogP contribution in [0, 0.1) is 19.8 Å². The van der Waals surface area contributed by atoms with Gasteiger partial charge in [-0.3, -0.25) is 4.79 Å². The minimum absolute atomic E-state index is 0.185. The van der Waals surface area contributed by atoms with Gasteiger partial charge in [0.25, 0.3) is 5.91 Å². The normalized spacial score (nSPS) is 25.6. The Labute approximate surface area is 126 Å². The van der Waals surface area contributed by atoms with E-state index in [2.05, 4.69) is 17.2 Å². The van der Waals surface area contributed by atoms with E-state index < -0.39 is 5.91 Å². The number of primary amides is 1. The molecule has 1 heterocycles. The first-order valence-corrected chi connectivity index (χ1v) is 7.63. The van der Waals surface area contributed by atoms with Crippen LogP contribution in [0.3, 0.4) is 0 Å². The number of carbonyl (C=O) groups is 1. The van der Waals surface area contributed by atoms with Gasteiger partial charge < -0.3 is 16.8 Å². The van der Waals surface area contributed by atoms with E-state index in [4.69, 9.17) is 11.5 Å². The number of amides is 1. The Morgan fingerprint density at radius 2 is 2.24 bits per heavy atom. The zero-order chi connectivity index (χ0) is 15.6. The van der Waals surface area contributed by atoms with Crippen LogP contribution in [0.2, 0.25) is 0 Å². The van der Waals surface area contributed by atoms with Gasteiger partial charge in [0.1, 0.15) is 5.82 Å². The van der Waals surface area contributed by atoms with Crippen LogP contribution >= 0.6 is 0 Å². The third kappa shape index (κ3) is 3.35. The predicted molar refractivity (Wildman–Crippen MR) is 85.3 cm³/mol. The van der Waals surface area contributed by atoms with Crippen molar-refractivity contribution in [1.82, 2.24) is 4.98 Å². The van der Waals surface area contributed by atoms with E-state index in [0.717, 1.165) is 30.5 Å². The number of rotatable bonds is 4. The third-order valence-electron chi connectivity index (χ3n) is 4.46. The van der Waals surface area contributed by atoms with Crippen LogP contribution in [-0.2, 0) is 0 Å². The van der Waals surface area contributed by atoms with Gasteiger partial charge >= 0.3 is 0 Å². The molecule has 1 fully saturated rings. The number of nitrogens with zero attached hydrogens (tertiary/aromatic N) is 1. The number of pyridine rings is 1. The quantitative estimate of drug-likeness (QED) is 0.791. The second-order valence-electron chi connectivity index (χ2n) is 6.48. The highest BCUT2D eigenvalue weighted by atomic mass is 16.1. The second kappa shape index (κ2) is 6.02. The summed E-state index contributed by atoms with van der Waals surface area (Å²) in [4.78, 5) is 16.3. The third-order valence-corrected chi connectivity index (χ3v) is 4.46. The number of hydrogen-bond acceptors (Lipinski definition) is 4. The molecule has 0 spiro atoms. The number of carbonyl (C=O) groups excluding carboxylic acids is 1. The molecule has 1 aliphatic carbocycles. The van der Waals surface area contributed by atoms with E-state index in [0.29, 0.717) is 23.8 Å². The molecule has 0 bridgehead atoms. The molecule has 2 unspecified atom stereocenters. The Kier molecular flexibility index (Phi) is 4.52. The van der Waals surface area contributed by atoms with E-state index in [1.54, 1.807) is 0 Å². The van der Waals surface area contributed by atoms with Gasteiger partial charge in [-0.1, -0.05) is 19.8 Å². The largest absolute Gasteiger partial charge is 0.365 e. The molecule has 5 heteroatoms. The number of aryl methyl sites for hydroxylation is 2. The van der Waals surface area contributed by atoms with Crippen molar-refractivity contribution >= 4 is 11.7 Å². The molecular weight excluding hydrogens is 264 g/mol. The van der Waals surface area contributed by atoms with Gasteiger partial charge in [0.2, 0.25) is 0 Å². The standard InChI is InChI=1S/C16H26N4O/c1-10-5-4-6-16(8-10,9-17)20-15-13(14(18)21)11(2)7-12(3)19-15/h7,10H,4-6,8-9,17H2,1-3H3,(H2,18,21)(H,19,20). The first-order chi connectivity index (χ1) is 9.87. The average Bonchev–Trinajstić information content (AvgIpc) is 2.37. The lowest BCUT2D eigenvalue weighted by molar-refractivity contribution is 0.1000. The highest BCUT2D eigenvalue weighted by molar-refractivity contribution is 5.99. The first-order valence-electron chi connectivity index (χ1n) is 7.63. The van der Waals surface area contributed by atoms with Gasteiger partial charge in [0.05, 0.1) is 11.1 Å². The molecule has 1 aromatic rings. The molecule has 116 valence electrons.